The highest BCUT2D eigenvalue weighted by atomic mass is 32.1. The van der Waals surface area contributed by atoms with E-state index in [2.05, 4.69) is 218 Å². The molecule has 0 unspecified atom stereocenters. The van der Waals surface area contributed by atoms with E-state index in [-0.39, 0.29) is 0 Å². The molecule has 17 rings (SSSR count). The summed E-state index contributed by atoms with van der Waals surface area (Å²) in [4.78, 5) is 0. The maximum atomic E-state index is 2.43. The first-order valence-electron chi connectivity index (χ1n) is 24.4. The van der Waals surface area contributed by atoms with Gasteiger partial charge in [0.2, 0.25) is 0 Å². The Hall–Kier alpha value is -8.18. The molecule has 3 heterocycles. The maximum Gasteiger partial charge on any atom is 0.0355 e. The molecule has 14 aromatic carbocycles. The van der Waals surface area contributed by atoms with Gasteiger partial charge in [0.25, 0.3) is 0 Å². The Morgan fingerprint density at radius 2 is 0.437 bits per heavy atom. The van der Waals surface area contributed by atoms with Gasteiger partial charge in [-0.2, -0.15) is 0 Å². The van der Waals surface area contributed by atoms with Crippen molar-refractivity contribution in [1.29, 1.82) is 0 Å². The summed E-state index contributed by atoms with van der Waals surface area (Å²) in [6.45, 7) is 0. The molecular formula is C68H36S3. The van der Waals surface area contributed by atoms with Crippen LogP contribution in [0.4, 0.5) is 0 Å². The number of hydrogen-bond donors (Lipinski definition) is 0. The molecule has 0 radical (unpaired) electrons. The highest BCUT2D eigenvalue weighted by Gasteiger charge is 2.18. The lowest BCUT2D eigenvalue weighted by Gasteiger charge is -2.14. The molecule has 326 valence electrons. The van der Waals surface area contributed by atoms with Crippen LogP contribution in [0.15, 0.2) is 218 Å². The van der Waals surface area contributed by atoms with Crippen LogP contribution < -0.4 is 0 Å². The Balaban J connectivity index is 0.750. The van der Waals surface area contributed by atoms with Gasteiger partial charge in [-0.1, -0.05) is 146 Å². The molecule has 3 heteroatoms. The summed E-state index contributed by atoms with van der Waals surface area (Å²) in [6, 6.07) is 83.4. The van der Waals surface area contributed by atoms with Crippen LogP contribution >= 0.6 is 34.0 Å². The molecule has 0 saturated heterocycles. The van der Waals surface area contributed by atoms with Crippen molar-refractivity contribution in [2.45, 2.75) is 0 Å². The Bertz CT molecular complexity index is 4770. The quantitative estimate of drug-likeness (QED) is 0.154. The number of rotatable bonds is 4. The van der Waals surface area contributed by atoms with Crippen LogP contribution in [0.1, 0.15) is 0 Å². The highest BCUT2D eigenvalue weighted by molar-refractivity contribution is 7.26. The van der Waals surface area contributed by atoms with E-state index in [1.807, 2.05) is 34.0 Å². The van der Waals surface area contributed by atoms with Crippen molar-refractivity contribution in [2.24, 2.45) is 0 Å². The van der Waals surface area contributed by atoms with E-state index >= 15 is 0 Å². The lowest BCUT2D eigenvalue weighted by atomic mass is 9.89. The molecule has 17 aromatic rings. The maximum absolute atomic E-state index is 2.43. The minimum absolute atomic E-state index is 1.25. The lowest BCUT2D eigenvalue weighted by molar-refractivity contribution is 1.71. The third-order valence-electron chi connectivity index (χ3n) is 15.8. The minimum Gasteiger partial charge on any atom is -0.135 e. The third kappa shape index (κ3) is 5.54. The number of benzene rings is 14. The minimum atomic E-state index is 1.25. The summed E-state index contributed by atoms with van der Waals surface area (Å²) in [5.74, 6) is 0. The molecule has 0 bridgehead atoms. The van der Waals surface area contributed by atoms with Gasteiger partial charge in [0.1, 0.15) is 0 Å². The summed E-state index contributed by atoms with van der Waals surface area (Å²) in [5, 5.41) is 23.8. The van der Waals surface area contributed by atoms with E-state index in [9.17, 15) is 0 Å². The van der Waals surface area contributed by atoms with Gasteiger partial charge in [-0.15, -0.1) is 34.0 Å². The SMILES string of the molecule is c1cc2ccc3ccc(-c4ccc5sc6ccc(-c7ccc8sc9ccc(-c%10ccc%11sc%12ccc(-c%13ccc%14ccc%15cccc%16ccc%13c%14c%15%16)cc%12c%11c%10)cc9c8c7)cc6c5c4)c4ccc(c1)c2c34. The summed E-state index contributed by atoms with van der Waals surface area (Å²) >= 11 is 5.67. The van der Waals surface area contributed by atoms with Crippen LogP contribution in [-0.2, 0) is 0 Å². The molecule has 0 atom stereocenters. The van der Waals surface area contributed by atoms with Crippen LogP contribution in [0.5, 0.6) is 0 Å². The van der Waals surface area contributed by atoms with E-state index in [0.29, 0.717) is 0 Å². The van der Waals surface area contributed by atoms with Gasteiger partial charge in [-0.05, 0) is 182 Å². The zero-order chi connectivity index (χ0) is 46.1. The number of hydrogen-bond acceptors (Lipinski definition) is 3. The molecule has 0 fully saturated rings. The Morgan fingerprint density at radius 3 is 0.761 bits per heavy atom. The van der Waals surface area contributed by atoms with Crippen LogP contribution in [0, 0.1) is 0 Å². The molecular weight excluding hydrogens is 913 g/mol. The average Bonchev–Trinajstić information content (AvgIpc) is 4.11. The summed E-state index contributed by atoms with van der Waals surface area (Å²) < 4.78 is 7.93. The van der Waals surface area contributed by atoms with E-state index in [1.54, 1.807) is 0 Å². The zero-order valence-electron chi connectivity index (χ0n) is 38.0. The largest absolute Gasteiger partial charge is 0.135 e. The van der Waals surface area contributed by atoms with Crippen LogP contribution in [0.25, 0.3) is 170 Å². The Labute approximate surface area is 419 Å². The summed E-state index contributed by atoms with van der Waals surface area (Å²) in [6.07, 6.45) is 0. The highest BCUT2D eigenvalue weighted by Crippen LogP contribution is 2.46. The van der Waals surface area contributed by atoms with E-state index in [4.69, 9.17) is 0 Å². The summed E-state index contributed by atoms with van der Waals surface area (Å²) in [7, 11) is 0. The third-order valence-corrected chi connectivity index (χ3v) is 19.2. The fraction of sp³-hybridized carbons (Fsp3) is 0. The van der Waals surface area contributed by atoms with E-state index in [1.165, 1.54) is 170 Å². The van der Waals surface area contributed by atoms with Crippen molar-refractivity contribution in [3.63, 3.8) is 0 Å². The van der Waals surface area contributed by atoms with Crippen molar-refractivity contribution in [2.75, 3.05) is 0 Å². The lowest BCUT2D eigenvalue weighted by Crippen LogP contribution is -1.87. The predicted molar refractivity (Wildman–Crippen MR) is 314 cm³/mol. The number of fused-ring (bicyclic) bond motifs is 9. The normalized spacial score (nSPS) is 12.5. The second kappa shape index (κ2) is 14.2. The van der Waals surface area contributed by atoms with Crippen LogP contribution in [0.2, 0.25) is 0 Å². The van der Waals surface area contributed by atoms with Crippen molar-refractivity contribution in [1.82, 2.24) is 0 Å². The Kier molecular flexibility index (Phi) is 7.74. The van der Waals surface area contributed by atoms with Gasteiger partial charge < -0.3 is 0 Å². The molecule has 3 aromatic heterocycles. The smallest absolute Gasteiger partial charge is 0.0355 e. The van der Waals surface area contributed by atoms with Gasteiger partial charge in [-0.3, -0.25) is 0 Å². The second-order valence-electron chi connectivity index (χ2n) is 19.5. The van der Waals surface area contributed by atoms with Gasteiger partial charge in [-0.25, -0.2) is 0 Å². The van der Waals surface area contributed by atoms with Crippen molar-refractivity contribution < 1.29 is 0 Å². The van der Waals surface area contributed by atoms with Gasteiger partial charge in [0.05, 0.1) is 0 Å². The molecule has 0 amide bonds. The van der Waals surface area contributed by atoms with E-state index < -0.39 is 0 Å². The average molecular weight is 949 g/mol. The first kappa shape index (κ1) is 38.6. The molecule has 0 aliphatic rings. The molecule has 0 aliphatic carbocycles. The molecule has 0 saturated carbocycles. The molecule has 71 heavy (non-hydrogen) atoms. The summed E-state index contributed by atoms with van der Waals surface area (Å²) in [5.41, 5.74) is 10.1. The van der Waals surface area contributed by atoms with Crippen LogP contribution in [0.3, 0.4) is 0 Å². The topological polar surface area (TPSA) is 0 Å². The Morgan fingerprint density at radius 1 is 0.183 bits per heavy atom. The fourth-order valence-corrected chi connectivity index (χ4v) is 15.6. The molecule has 0 nitrogen and oxygen atoms in total. The second-order valence-corrected chi connectivity index (χ2v) is 22.8. The first-order chi connectivity index (χ1) is 35.1. The fourth-order valence-electron chi connectivity index (χ4n) is 12.4. The number of thiophene rings is 3. The van der Waals surface area contributed by atoms with Crippen molar-refractivity contribution >= 4 is 159 Å². The molecule has 0 N–H and O–H groups in total. The first-order valence-corrected chi connectivity index (χ1v) is 26.8. The molecule has 0 spiro atoms. The zero-order valence-corrected chi connectivity index (χ0v) is 40.5. The standard InChI is InChI=1S/C68H36S3/c1-3-37-7-9-41-11-21-49(51-23-13-39(5-1)65(37)67(41)51)47-19-29-63-57(35-47)55-33-45(17-27-61(55)70-63)43-15-25-59-53(31-43)54-32-44(16-26-60(54)69-59)46-18-28-62-56(34-46)58-36-48(20-30-64(58)71-62)50-22-12-42-10-8-38-4-2-6-40-14-24-52(50)68(42)66(38)40/h1-36H. The van der Waals surface area contributed by atoms with Gasteiger partial charge >= 0.3 is 0 Å². The van der Waals surface area contributed by atoms with Crippen molar-refractivity contribution in [3.8, 4) is 44.5 Å². The van der Waals surface area contributed by atoms with Gasteiger partial charge in [0.15, 0.2) is 0 Å². The molecule has 0 aliphatic heterocycles. The predicted octanol–water partition coefficient (Wildman–Crippen LogP) is 21.3. The van der Waals surface area contributed by atoms with Crippen LogP contribution in [-0.4, -0.2) is 0 Å². The van der Waals surface area contributed by atoms with Crippen molar-refractivity contribution in [3.05, 3.63) is 218 Å². The monoisotopic (exact) mass is 948 g/mol. The van der Waals surface area contributed by atoms with Gasteiger partial charge in [0, 0.05) is 60.5 Å². The van der Waals surface area contributed by atoms with E-state index in [0.717, 1.165) is 0 Å².